The molecule has 0 aliphatic heterocycles. The number of ether oxygens (including phenoxy) is 1. The van der Waals surface area contributed by atoms with Crippen molar-refractivity contribution >= 4 is 12.1 Å². The molecule has 0 aromatic carbocycles. The topological polar surface area (TPSA) is 75.6 Å². The number of amides is 1. The van der Waals surface area contributed by atoms with Gasteiger partial charge in [0.2, 0.25) is 0 Å². The summed E-state index contributed by atoms with van der Waals surface area (Å²) in [5.74, 6) is -1.11. The minimum absolute atomic E-state index is 0.148. The van der Waals surface area contributed by atoms with Gasteiger partial charge in [0.25, 0.3) is 0 Å². The van der Waals surface area contributed by atoms with Crippen LogP contribution in [0.5, 0.6) is 0 Å². The molecule has 0 spiro atoms. The highest BCUT2D eigenvalue weighted by Crippen LogP contribution is 2.36. The fourth-order valence-corrected chi connectivity index (χ4v) is 1.46. The number of aliphatic carboxylic acids is 1. The second kappa shape index (κ2) is 4.72. The Morgan fingerprint density at radius 2 is 2.00 bits per heavy atom. The van der Waals surface area contributed by atoms with Gasteiger partial charge >= 0.3 is 12.1 Å². The van der Waals surface area contributed by atoms with Crippen LogP contribution in [0.25, 0.3) is 0 Å². The lowest BCUT2D eigenvalue weighted by Gasteiger charge is -2.20. The smallest absolute Gasteiger partial charge is 0.407 e. The van der Waals surface area contributed by atoms with Crippen molar-refractivity contribution in [3.8, 4) is 0 Å². The summed E-state index contributed by atoms with van der Waals surface area (Å²) >= 11 is 0. The predicted octanol–water partition coefficient (Wildman–Crippen LogP) is 1.62. The van der Waals surface area contributed by atoms with Gasteiger partial charge in [-0.2, -0.15) is 0 Å². The van der Waals surface area contributed by atoms with E-state index in [9.17, 15) is 9.59 Å². The Bertz CT molecular complexity index is 278. The molecular formula is C11H19NO4. The first kappa shape index (κ1) is 12.8. The number of hydrogen-bond donors (Lipinski definition) is 2. The summed E-state index contributed by atoms with van der Waals surface area (Å²) in [5, 5.41) is 11.4. The fraction of sp³-hybridized carbons (Fsp3) is 0.818. The maximum atomic E-state index is 11.3. The van der Waals surface area contributed by atoms with Crippen LogP contribution < -0.4 is 5.32 Å². The number of alkyl carbamates (subject to hydrolysis) is 1. The van der Waals surface area contributed by atoms with E-state index in [2.05, 4.69) is 5.32 Å². The van der Waals surface area contributed by atoms with Crippen molar-refractivity contribution in [3.63, 3.8) is 0 Å². The summed E-state index contributed by atoms with van der Waals surface area (Å²) in [5.41, 5.74) is -0.553. The molecule has 5 heteroatoms. The minimum Gasteiger partial charge on any atom is -0.481 e. The summed E-state index contributed by atoms with van der Waals surface area (Å²) < 4.78 is 5.03. The molecule has 1 aliphatic rings. The standard InChI is InChI=1S/C11H19NO4/c1-11(2,3)16-10(15)12-6-8(9(13)14)7-4-5-7/h7-8H,4-6H2,1-3H3,(H,12,15)(H,13,14). The molecule has 5 nitrogen and oxygen atoms in total. The number of carbonyl (C=O) groups is 2. The van der Waals surface area contributed by atoms with Gasteiger partial charge in [0.1, 0.15) is 5.60 Å². The highest BCUT2D eigenvalue weighted by atomic mass is 16.6. The highest BCUT2D eigenvalue weighted by Gasteiger charge is 2.36. The van der Waals surface area contributed by atoms with Gasteiger partial charge in [-0.15, -0.1) is 0 Å². The number of carboxylic acid groups (broad SMARTS) is 1. The van der Waals surface area contributed by atoms with Crippen LogP contribution in [-0.4, -0.2) is 29.3 Å². The third-order valence-electron chi connectivity index (χ3n) is 2.37. The Hall–Kier alpha value is -1.26. The minimum atomic E-state index is -0.849. The molecule has 1 rings (SSSR count). The number of carbonyl (C=O) groups excluding carboxylic acids is 1. The average molecular weight is 229 g/mol. The Morgan fingerprint density at radius 1 is 1.44 bits per heavy atom. The van der Waals surface area contributed by atoms with E-state index in [4.69, 9.17) is 9.84 Å². The average Bonchev–Trinajstić information content (AvgIpc) is 2.83. The van der Waals surface area contributed by atoms with Crippen molar-refractivity contribution in [2.45, 2.75) is 39.2 Å². The molecule has 2 N–H and O–H groups in total. The molecule has 0 aromatic heterocycles. The van der Waals surface area contributed by atoms with Gasteiger partial charge < -0.3 is 15.2 Å². The quantitative estimate of drug-likeness (QED) is 0.768. The number of nitrogens with one attached hydrogen (secondary N) is 1. The molecule has 0 bridgehead atoms. The molecule has 1 fully saturated rings. The van der Waals surface area contributed by atoms with Crippen molar-refractivity contribution in [1.29, 1.82) is 0 Å². The van der Waals surface area contributed by atoms with Gasteiger partial charge in [-0.05, 0) is 39.5 Å². The Labute approximate surface area is 95.2 Å². The van der Waals surface area contributed by atoms with Gasteiger partial charge in [-0.3, -0.25) is 4.79 Å². The van der Waals surface area contributed by atoms with E-state index in [1.54, 1.807) is 20.8 Å². The van der Waals surface area contributed by atoms with Gasteiger partial charge in [0.15, 0.2) is 0 Å². The first-order valence-electron chi connectivity index (χ1n) is 5.49. The number of carboxylic acids is 1. The molecule has 0 radical (unpaired) electrons. The van der Waals surface area contributed by atoms with E-state index in [0.29, 0.717) is 0 Å². The lowest BCUT2D eigenvalue weighted by molar-refractivity contribution is -0.142. The maximum absolute atomic E-state index is 11.3. The number of rotatable bonds is 4. The van der Waals surface area contributed by atoms with Crippen LogP contribution >= 0.6 is 0 Å². The van der Waals surface area contributed by atoms with E-state index in [1.807, 2.05) is 0 Å². The van der Waals surface area contributed by atoms with Crippen molar-refractivity contribution < 1.29 is 19.4 Å². The molecule has 0 aromatic rings. The van der Waals surface area contributed by atoms with Crippen LogP contribution in [0.4, 0.5) is 4.79 Å². The fourth-order valence-electron chi connectivity index (χ4n) is 1.46. The first-order chi connectivity index (χ1) is 7.29. The molecule has 92 valence electrons. The van der Waals surface area contributed by atoms with Crippen molar-refractivity contribution in [2.75, 3.05) is 6.54 Å². The van der Waals surface area contributed by atoms with Crippen molar-refractivity contribution in [3.05, 3.63) is 0 Å². The van der Waals surface area contributed by atoms with Crippen LogP contribution in [-0.2, 0) is 9.53 Å². The van der Waals surface area contributed by atoms with Crippen molar-refractivity contribution in [1.82, 2.24) is 5.32 Å². The van der Waals surface area contributed by atoms with Crippen LogP contribution in [0.15, 0.2) is 0 Å². The van der Waals surface area contributed by atoms with E-state index < -0.39 is 23.6 Å². The highest BCUT2D eigenvalue weighted by molar-refractivity contribution is 5.73. The van der Waals surface area contributed by atoms with Crippen molar-refractivity contribution in [2.24, 2.45) is 11.8 Å². The summed E-state index contributed by atoms with van der Waals surface area (Å²) in [6.07, 6.45) is 1.32. The predicted molar refractivity (Wildman–Crippen MR) is 58.1 cm³/mol. The van der Waals surface area contributed by atoms with Gasteiger partial charge in [-0.1, -0.05) is 0 Å². The van der Waals surface area contributed by atoms with E-state index >= 15 is 0 Å². The van der Waals surface area contributed by atoms with E-state index in [-0.39, 0.29) is 12.5 Å². The van der Waals surface area contributed by atoms with Crippen LogP contribution in [0, 0.1) is 11.8 Å². The molecule has 1 amide bonds. The lowest BCUT2D eigenvalue weighted by Crippen LogP contribution is -2.37. The van der Waals surface area contributed by atoms with Crippen LogP contribution in [0.3, 0.4) is 0 Å². The summed E-state index contributed by atoms with van der Waals surface area (Å²) in [4.78, 5) is 22.2. The molecule has 16 heavy (non-hydrogen) atoms. The van der Waals surface area contributed by atoms with Gasteiger partial charge in [-0.25, -0.2) is 4.79 Å². The normalized spacial score (nSPS) is 17.7. The molecule has 1 aliphatic carbocycles. The Balaban J connectivity index is 2.32. The zero-order valence-corrected chi connectivity index (χ0v) is 9.95. The zero-order chi connectivity index (χ0) is 12.3. The zero-order valence-electron chi connectivity index (χ0n) is 9.95. The Morgan fingerprint density at radius 3 is 2.38 bits per heavy atom. The first-order valence-corrected chi connectivity index (χ1v) is 5.49. The maximum Gasteiger partial charge on any atom is 0.407 e. The summed E-state index contributed by atoms with van der Waals surface area (Å²) in [6.45, 7) is 5.45. The molecule has 1 saturated carbocycles. The molecule has 0 heterocycles. The van der Waals surface area contributed by atoms with Crippen LogP contribution in [0.2, 0.25) is 0 Å². The van der Waals surface area contributed by atoms with Crippen LogP contribution in [0.1, 0.15) is 33.6 Å². The second-order valence-corrected chi connectivity index (χ2v) is 5.16. The lowest BCUT2D eigenvalue weighted by atomic mass is 10.0. The molecule has 0 saturated heterocycles. The number of hydrogen-bond acceptors (Lipinski definition) is 3. The molecule has 1 unspecified atom stereocenters. The van der Waals surface area contributed by atoms with Gasteiger partial charge in [0, 0.05) is 6.54 Å². The third-order valence-corrected chi connectivity index (χ3v) is 2.37. The monoisotopic (exact) mass is 229 g/mol. The second-order valence-electron chi connectivity index (χ2n) is 5.16. The van der Waals surface area contributed by atoms with Gasteiger partial charge in [0.05, 0.1) is 5.92 Å². The third kappa shape index (κ3) is 4.51. The molecule has 1 atom stereocenters. The van der Waals surface area contributed by atoms with E-state index in [1.165, 1.54) is 0 Å². The summed E-state index contributed by atoms with van der Waals surface area (Å²) in [6, 6.07) is 0. The summed E-state index contributed by atoms with van der Waals surface area (Å²) in [7, 11) is 0. The largest absolute Gasteiger partial charge is 0.481 e. The van der Waals surface area contributed by atoms with E-state index in [0.717, 1.165) is 12.8 Å². The SMILES string of the molecule is CC(C)(C)OC(=O)NCC(C(=O)O)C1CC1. The molecular weight excluding hydrogens is 210 g/mol. The Kier molecular flexibility index (Phi) is 3.78.